The molecule has 1 heteroatoms. The van der Waals surface area contributed by atoms with Crippen molar-refractivity contribution in [2.24, 2.45) is 0 Å². The largest absolute Gasteiger partial charge is 0.304 e. The van der Waals surface area contributed by atoms with Gasteiger partial charge in [0.15, 0.2) is 0 Å². The zero-order valence-electron chi connectivity index (χ0n) is 11.1. The smallest absolute Gasteiger partial charge is 0.00474 e. The first-order chi connectivity index (χ1) is 6.76. The molecule has 14 heavy (non-hydrogen) atoms. The highest BCUT2D eigenvalue weighted by molar-refractivity contribution is 4.43. The predicted octanol–water partition coefficient (Wildman–Crippen LogP) is 4.32. The van der Waals surface area contributed by atoms with Crippen molar-refractivity contribution < 1.29 is 0 Å². The van der Waals surface area contributed by atoms with Crippen LogP contribution >= 0.6 is 0 Å². The van der Waals surface area contributed by atoms with Gasteiger partial charge in [-0.25, -0.2) is 0 Å². The van der Waals surface area contributed by atoms with Crippen molar-refractivity contribution in [3.8, 4) is 0 Å². The van der Waals surface area contributed by atoms with E-state index < -0.39 is 0 Å². The molecule has 0 rings (SSSR count). The third-order valence-corrected chi connectivity index (χ3v) is 2.55. The number of hydrogen-bond acceptors (Lipinski definition) is 1. The van der Waals surface area contributed by atoms with Crippen molar-refractivity contribution in [1.82, 2.24) is 4.90 Å². The standard InChI is InChI=1S/C7H16.C6H15N/c1-3-5-7-6-4-2;1-4-7(5-2)6-3/h3-7H2,1-2H3;4-6H2,1-3H3. The second kappa shape index (κ2) is 15.4. The molecule has 0 bridgehead atoms. The quantitative estimate of drug-likeness (QED) is 0.554. The minimum atomic E-state index is 1.19. The van der Waals surface area contributed by atoms with Crippen molar-refractivity contribution in [3.63, 3.8) is 0 Å². The first kappa shape index (κ1) is 16.4. The summed E-state index contributed by atoms with van der Waals surface area (Å²) in [6, 6.07) is 0. The van der Waals surface area contributed by atoms with Crippen LogP contribution in [0.15, 0.2) is 0 Å². The molecule has 0 atom stereocenters. The van der Waals surface area contributed by atoms with Crippen LogP contribution in [-0.4, -0.2) is 24.5 Å². The third kappa shape index (κ3) is 14.5. The molecule has 0 saturated heterocycles. The molecule has 0 spiro atoms. The second-order valence-corrected chi connectivity index (χ2v) is 3.68. The fourth-order valence-corrected chi connectivity index (χ4v) is 1.35. The van der Waals surface area contributed by atoms with Crippen LogP contribution in [0.1, 0.15) is 66.7 Å². The highest BCUT2D eigenvalue weighted by Crippen LogP contribution is 2.00. The molecule has 0 heterocycles. The van der Waals surface area contributed by atoms with Crippen LogP contribution in [0.5, 0.6) is 0 Å². The zero-order valence-corrected chi connectivity index (χ0v) is 11.1. The molecule has 0 aliphatic carbocycles. The van der Waals surface area contributed by atoms with E-state index in [0.29, 0.717) is 0 Å². The summed E-state index contributed by atoms with van der Waals surface area (Å²) in [5, 5.41) is 0. The summed E-state index contributed by atoms with van der Waals surface area (Å²) in [5.41, 5.74) is 0. The first-order valence-electron chi connectivity index (χ1n) is 6.48. The predicted molar refractivity (Wildman–Crippen MR) is 67.9 cm³/mol. The molecule has 88 valence electrons. The second-order valence-electron chi connectivity index (χ2n) is 3.68. The van der Waals surface area contributed by atoms with Gasteiger partial charge in [-0.1, -0.05) is 66.7 Å². The van der Waals surface area contributed by atoms with Gasteiger partial charge in [0.05, 0.1) is 0 Å². The Hall–Kier alpha value is -0.0400. The van der Waals surface area contributed by atoms with E-state index in [-0.39, 0.29) is 0 Å². The topological polar surface area (TPSA) is 3.24 Å². The number of nitrogens with zero attached hydrogens (tertiary/aromatic N) is 1. The summed E-state index contributed by atoms with van der Waals surface area (Å²) in [6.07, 6.45) is 7.01. The van der Waals surface area contributed by atoms with Crippen LogP contribution in [0.4, 0.5) is 0 Å². The first-order valence-corrected chi connectivity index (χ1v) is 6.48. The van der Waals surface area contributed by atoms with Gasteiger partial charge >= 0.3 is 0 Å². The summed E-state index contributed by atoms with van der Waals surface area (Å²) in [6.45, 7) is 14.6. The van der Waals surface area contributed by atoms with Crippen LogP contribution in [0, 0.1) is 0 Å². The summed E-state index contributed by atoms with van der Waals surface area (Å²) in [7, 11) is 0. The lowest BCUT2D eigenvalue weighted by Crippen LogP contribution is -2.21. The molecule has 0 saturated carbocycles. The summed E-state index contributed by atoms with van der Waals surface area (Å²) < 4.78 is 0. The van der Waals surface area contributed by atoms with Gasteiger partial charge in [-0.15, -0.1) is 0 Å². The maximum absolute atomic E-state index is 2.38. The van der Waals surface area contributed by atoms with Crippen molar-refractivity contribution in [1.29, 1.82) is 0 Å². The van der Waals surface area contributed by atoms with E-state index in [1.54, 1.807) is 0 Å². The molecule has 0 radical (unpaired) electrons. The molecule has 0 aliphatic heterocycles. The average Bonchev–Trinajstić information content (AvgIpc) is 2.22. The molecule has 0 N–H and O–H groups in total. The molecule has 0 aromatic heterocycles. The van der Waals surface area contributed by atoms with Gasteiger partial charge in [-0.2, -0.15) is 0 Å². The summed E-state index contributed by atoms with van der Waals surface area (Å²) in [4.78, 5) is 2.38. The number of unbranched alkanes of at least 4 members (excludes halogenated alkanes) is 4. The van der Waals surface area contributed by atoms with E-state index in [4.69, 9.17) is 0 Å². The lowest BCUT2D eigenvalue weighted by Gasteiger charge is -2.13. The van der Waals surface area contributed by atoms with Gasteiger partial charge in [0, 0.05) is 0 Å². The lowest BCUT2D eigenvalue weighted by atomic mass is 10.2. The van der Waals surface area contributed by atoms with E-state index in [1.165, 1.54) is 51.7 Å². The molecule has 0 unspecified atom stereocenters. The third-order valence-electron chi connectivity index (χ3n) is 2.55. The van der Waals surface area contributed by atoms with E-state index >= 15 is 0 Å². The van der Waals surface area contributed by atoms with E-state index in [2.05, 4.69) is 39.5 Å². The van der Waals surface area contributed by atoms with E-state index in [9.17, 15) is 0 Å². The van der Waals surface area contributed by atoms with Crippen LogP contribution < -0.4 is 0 Å². The molecular weight excluding hydrogens is 170 g/mol. The van der Waals surface area contributed by atoms with Gasteiger partial charge in [-0.3, -0.25) is 0 Å². The van der Waals surface area contributed by atoms with Crippen molar-refractivity contribution >= 4 is 0 Å². The Kier molecular flexibility index (Phi) is 18.1. The minimum Gasteiger partial charge on any atom is -0.304 e. The van der Waals surface area contributed by atoms with E-state index in [1.807, 2.05) is 0 Å². The number of hydrogen-bond donors (Lipinski definition) is 0. The Bertz CT molecular complexity index is 67.8. The maximum Gasteiger partial charge on any atom is -0.00474 e. The van der Waals surface area contributed by atoms with Crippen LogP contribution in [0.2, 0.25) is 0 Å². The Morgan fingerprint density at radius 3 is 1.07 bits per heavy atom. The fourth-order valence-electron chi connectivity index (χ4n) is 1.35. The van der Waals surface area contributed by atoms with Crippen LogP contribution in [-0.2, 0) is 0 Å². The molecular formula is C13H31N. The van der Waals surface area contributed by atoms with Gasteiger partial charge in [0.2, 0.25) is 0 Å². The Labute approximate surface area is 91.9 Å². The van der Waals surface area contributed by atoms with Crippen LogP contribution in [0.25, 0.3) is 0 Å². The molecule has 0 aromatic rings. The highest BCUT2D eigenvalue weighted by Gasteiger charge is 1.89. The Morgan fingerprint density at radius 1 is 0.571 bits per heavy atom. The lowest BCUT2D eigenvalue weighted by molar-refractivity contribution is 0.321. The van der Waals surface area contributed by atoms with Gasteiger partial charge in [-0.05, 0) is 19.6 Å². The highest BCUT2D eigenvalue weighted by atomic mass is 15.1. The van der Waals surface area contributed by atoms with Crippen LogP contribution in [0.3, 0.4) is 0 Å². The SMILES string of the molecule is CCCCCCC.CCN(CC)CC. The zero-order chi connectivity index (χ0) is 11.2. The Morgan fingerprint density at radius 2 is 0.929 bits per heavy atom. The minimum absolute atomic E-state index is 1.19. The average molecular weight is 201 g/mol. The van der Waals surface area contributed by atoms with Gasteiger partial charge in [0.1, 0.15) is 0 Å². The number of rotatable bonds is 7. The van der Waals surface area contributed by atoms with Gasteiger partial charge < -0.3 is 4.90 Å². The monoisotopic (exact) mass is 201 g/mol. The summed E-state index contributed by atoms with van der Waals surface area (Å²) in [5.74, 6) is 0. The molecule has 0 fully saturated rings. The Balaban J connectivity index is 0. The van der Waals surface area contributed by atoms with Crippen molar-refractivity contribution in [3.05, 3.63) is 0 Å². The van der Waals surface area contributed by atoms with Crippen molar-refractivity contribution in [2.45, 2.75) is 66.7 Å². The molecule has 0 amide bonds. The normalized spacial score (nSPS) is 9.86. The van der Waals surface area contributed by atoms with Gasteiger partial charge in [0.25, 0.3) is 0 Å². The van der Waals surface area contributed by atoms with E-state index in [0.717, 1.165) is 0 Å². The molecule has 0 aliphatic rings. The van der Waals surface area contributed by atoms with Crippen molar-refractivity contribution in [2.75, 3.05) is 19.6 Å². The summed E-state index contributed by atoms with van der Waals surface area (Å²) >= 11 is 0. The fraction of sp³-hybridized carbons (Fsp3) is 1.00. The maximum atomic E-state index is 2.38. The molecule has 1 nitrogen and oxygen atoms in total. The molecule has 0 aromatic carbocycles.